The average molecular weight is 250 g/mol. The highest BCUT2D eigenvalue weighted by Gasteiger charge is 2.37. The molecule has 18 heavy (non-hydrogen) atoms. The highest BCUT2D eigenvalue weighted by Crippen LogP contribution is 2.41. The molecule has 0 N–H and O–H groups in total. The number of hydrogen-bond donors (Lipinski definition) is 0. The van der Waals surface area contributed by atoms with Crippen molar-refractivity contribution in [3.8, 4) is 0 Å². The molecule has 1 fully saturated rings. The summed E-state index contributed by atoms with van der Waals surface area (Å²) in [5.74, 6) is 1.10. The highest BCUT2D eigenvalue weighted by molar-refractivity contribution is 5.22. The van der Waals surface area contributed by atoms with E-state index in [4.69, 9.17) is 0 Å². The molecule has 2 aliphatic rings. The minimum Gasteiger partial charge on any atom is -0.234 e. The Morgan fingerprint density at radius 1 is 1.06 bits per heavy atom. The van der Waals surface area contributed by atoms with Gasteiger partial charge < -0.3 is 0 Å². The number of alkyl halides is 1. The Hall–Kier alpha value is -0.590. The second-order valence-corrected chi connectivity index (χ2v) is 6.08. The molecule has 0 atom stereocenters. The summed E-state index contributed by atoms with van der Waals surface area (Å²) in [6.07, 6.45) is 18.5. The smallest absolute Gasteiger partial charge is 0.150 e. The van der Waals surface area contributed by atoms with Gasteiger partial charge in [0.15, 0.2) is 0 Å². The Balaban J connectivity index is 1.77. The van der Waals surface area contributed by atoms with Crippen molar-refractivity contribution in [1.29, 1.82) is 0 Å². The van der Waals surface area contributed by atoms with E-state index in [1.807, 2.05) is 12.2 Å². The third-order valence-corrected chi connectivity index (χ3v) is 4.71. The molecule has 0 bridgehead atoms. The van der Waals surface area contributed by atoms with Gasteiger partial charge in [-0.05, 0) is 37.3 Å². The topological polar surface area (TPSA) is 0 Å². The summed E-state index contributed by atoms with van der Waals surface area (Å²) in [7, 11) is 0. The van der Waals surface area contributed by atoms with Crippen LogP contribution in [0.3, 0.4) is 0 Å². The van der Waals surface area contributed by atoms with E-state index in [0.29, 0.717) is 0 Å². The molecule has 1 saturated carbocycles. The molecule has 2 rings (SSSR count). The summed E-state index contributed by atoms with van der Waals surface area (Å²) >= 11 is 0. The van der Waals surface area contributed by atoms with Gasteiger partial charge in [0, 0.05) is 5.92 Å². The molecule has 0 saturated heterocycles. The molecule has 0 spiro atoms. The van der Waals surface area contributed by atoms with Crippen LogP contribution in [-0.4, -0.2) is 5.67 Å². The van der Waals surface area contributed by atoms with E-state index < -0.39 is 5.67 Å². The minimum atomic E-state index is -1.13. The lowest BCUT2D eigenvalue weighted by Crippen LogP contribution is -2.33. The third kappa shape index (κ3) is 3.46. The summed E-state index contributed by atoms with van der Waals surface area (Å²) in [4.78, 5) is 0. The molecule has 0 unspecified atom stereocenters. The van der Waals surface area contributed by atoms with Crippen molar-refractivity contribution in [3.05, 3.63) is 24.3 Å². The zero-order chi connectivity index (χ0) is 12.8. The van der Waals surface area contributed by atoms with Gasteiger partial charge in [0.25, 0.3) is 0 Å². The summed E-state index contributed by atoms with van der Waals surface area (Å²) in [6, 6.07) is 0. The lowest BCUT2D eigenvalue weighted by atomic mass is 9.72. The van der Waals surface area contributed by atoms with Crippen molar-refractivity contribution >= 4 is 0 Å². The fourth-order valence-electron chi connectivity index (χ4n) is 3.48. The fourth-order valence-corrected chi connectivity index (χ4v) is 3.48. The van der Waals surface area contributed by atoms with Gasteiger partial charge in [0.1, 0.15) is 5.67 Å². The number of halogens is 1. The van der Waals surface area contributed by atoms with Crippen molar-refractivity contribution in [2.45, 2.75) is 70.4 Å². The Morgan fingerprint density at radius 2 is 1.72 bits per heavy atom. The molecule has 1 heteroatoms. The molecule has 0 heterocycles. The minimum absolute atomic E-state index is 0.229. The molecule has 0 aromatic heterocycles. The lowest BCUT2D eigenvalue weighted by molar-refractivity contribution is 0.126. The van der Waals surface area contributed by atoms with Gasteiger partial charge in [-0.2, -0.15) is 0 Å². The first-order valence-corrected chi connectivity index (χ1v) is 7.79. The Bertz CT molecular complexity index is 283. The van der Waals surface area contributed by atoms with E-state index in [9.17, 15) is 4.39 Å². The lowest BCUT2D eigenvalue weighted by Gasteiger charge is -2.36. The summed E-state index contributed by atoms with van der Waals surface area (Å²) < 4.78 is 14.7. The Kier molecular flexibility index (Phi) is 5.03. The maximum atomic E-state index is 14.7. The van der Waals surface area contributed by atoms with Crippen LogP contribution < -0.4 is 0 Å². The zero-order valence-electron chi connectivity index (χ0n) is 11.7. The molecule has 0 aromatic rings. The van der Waals surface area contributed by atoms with E-state index in [2.05, 4.69) is 6.92 Å². The van der Waals surface area contributed by atoms with Crippen LogP contribution in [0.2, 0.25) is 0 Å². The molecule has 0 radical (unpaired) electrons. The van der Waals surface area contributed by atoms with E-state index in [1.54, 1.807) is 12.2 Å². The van der Waals surface area contributed by atoms with Gasteiger partial charge in [0.05, 0.1) is 0 Å². The molecule has 102 valence electrons. The van der Waals surface area contributed by atoms with Gasteiger partial charge in [-0.1, -0.05) is 57.6 Å². The maximum Gasteiger partial charge on any atom is 0.150 e. The van der Waals surface area contributed by atoms with E-state index in [1.165, 1.54) is 38.5 Å². The van der Waals surface area contributed by atoms with Gasteiger partial charge >= 0.3 is 0 Å². The van der Waals surface area contributed by atoms with Gasteiger partial charge in [-0.25, -0.2) is 4.39 Å². The van der Waals surface area contributed by atoms with Crippen molar-refractivity contribution in [2.75, 3.05) is 0 Å². The van der Waals surface area contributed by atoms with E-state index in [0.717, 1.165) is 25.2 Å². The van der Waals surface area contributed by atoms with Crippen LogP contribution >= 0.6 is 0 Å². The van der Waals surface area contributed by atoms with E-state index in [-0.39, 0.29) is 5.92 Å². The van der Waals surface area contributed by atoms with Crippen molar-refractivity contribution in [3.63, 3.8) is 0 Å². The van der Waals surface area contributed by atoms with Crippen molar-refractivity contribution < 1.29 is 4.39 Å². The molecular weight excluding hydrogens is 223 g/mol. The van der Waals surface area contributed by atoms with Crippen LogP contribution in [0.4, 0.5) is 4.39 Å². The first kappa shape index (κ1) is 13.8. The monoisotopic (exact) mass is 250 g/mol. The molecule has 0 aliphatic heterocycles. The van der Waals surface area contributed by atoms with Crippen LogP contribution in [0.5, 0.6) is 0 Å². The van der Waals surface area contributed by atoms with Crippen molar-refractivity contribution in [1.82, 2.24) is 0 Å². The molecule has 0 amide bonds. The van der Waals surface area contributed by atoms with Crippen LogP contribution in [0.15, 0.2) is 24.3 Å². The predicted octanol–water partition coefficient (Wildman–Crippen LogP) is 5.60. The normalized spacial score (nSPS) is 30.6. The first-order valence-electron chi connectivity index (χ1n) is 7.79. The largest absolute Gasteiger partial charge is 0.234 e. The number of hydrogen-bond acceptors (Lipinski definition) is 0. The SMILES string of the molecule is CCCCCC1CCC(C2(F)C=CCC=C2)CC1. The van der Waals surface area contributed by atoms with Gasteiger partial charge in [-0.15, -0.1) is 0 Å². The van der Waals surface area contributed by atoms with Crippen LogP contribution in [0.1, 0.15) is 64.7 Å². The summed E-state index contributed by atoms with van der Waals surface area (Å²) in [6.45, 7) is 2.26. The second-order valence-electron chi connectivity index (χ2n) is 6.08. The van der Waals surface area contributed by atoms with Crippen LogP contribution in [0, 0.1) is 11.8 Å². The zero-order valence-corrected chi connectivity index (χ0v) is 11.7. The molecule has 2 aliphatic carbocycles. The summed E-state index contributed by atoms with van der Waals surface area (Å²) in [5, 5.41) is 0. The fraction of sp³-hybridized carbons (Fsp3) is 0.765. The third-order valence-electron chi connectivity index (χ3n) is 4.71. The molecule has 0 nitrogen and oxygen atoms in total. The Labute approximate surface area is 111 Å². The van der Waals surface area contributed by atoms with Crippen molar-refractivity contribution in [2.24, 2.45) is 11.8 Å². The van der Waals surface area contributed by atoms with Crippen LogP contribution in [-0.2, 0) is 0 Å². The molecule has 0 aromatic carbocycles. The average Bonchev–Trinajstić information content (AvgIpc) is 2.41. The number of unbranched alkanes of at least 4 members (excludes halogenated alkanes) is 2. The predicted molar refractivity (Wildman–Crippen MR) is 76.3 cm³/mol. The standard InChI is InChI=1S/C17H27F/c1-2-3-5-8-15-9-11-16(12-10-15)17(18)13-6-4-7-14-17/h6-7,13-16H,2-5,8-12H2,1H3. The maximum absolute atomic E-state index is 14.7. The number of rotatable bonds is 5. The number of allylic oxidation sites excluding steroid dienone is 4. The second kappa shape index (κ2) is 6.54. The summed E-state index contributed by atoms with van der Waals surface area (Å²) in [5.41, 5.74) is -1.13. The van der Waals surface area contributed by atoms with Gasteiger partial charge in [-0.3, -0.25) is 0 Å². The Morgan fingerprint density at radius 3 is 2.33 bits per heavy atom. The first-order chi connectivity index (χ1) is 8.74. The molecular formula is C17H27F. The van der Waals surface area contributed by atoms with Gasteiger partial charge in [0.2, 0.25) is 0 Å². The van der Waals surface area contributed by atoms with E-state index >= 15 is 0 Å². The quantitative estimate of drug-likeness (QED) is 0.440. The highest BCUT2D eigenvalue weighted by atomic mass is 19.1. The van der Waals surface area contributed by atoms with Crippen LogP contribution in [0.25, 0.3) is 0 Å².